The van der Waals surface area contributed by atoms with Crippen LogP contribution in [0, 0.1) is 0 Å². The lowest BCUT2D eigenvalue weighted by molar-refractivity contribution is -0.144. The Kier molecular flexibility index (Phi) is 3.52. The van der Waals surface area contributed by atoms with Crippen LogP contribution in [0.3, 0.4) is 0 Å². The smallest absolute Gasteiger partial charge is 0.327 e. The van der Waals surface area contributed by atoms with Crippen molar-refractivity contribution in [2.75, 3.05) is 6.61 Å². The van der Waals surface area contributed by atoms with E-state index >= 15 is 0 Å². The second-order valence-corrected chi connectivity index (χ2v) is 4.39. The molecule has 1 aliphatic carbocycles. The molecule has 0 aromatic carbocycles. The van der Waals surface area contributed by atoms with Crippen LogP contribution in [0.15, 0.2) is 6.58 Å². The summed E-state index contributed by atoms with van der Waals surface area (Å²) in [5.41, 5.74) is 2.92. The number of hydrogen-bond donors (Lipinski definition) is 0. The summed E-state index contributed by atoms with van der Waals surface area (Å²) < 4.78 is 6.55. The van der Waals surface area contributed by atoms with Gasteiger partial charge in [-0.2, -0.15) is 5.10 Å². The van der Waals surface area contributed by atoms with E-state index < -0.39 is 0 Å². The zero-order valence-corrected chi connectivity index (χ0v) is 10.6. The molecule has 4 nitrogen and oxygen atoms in total. The van der Waals surface area contributed by atoms with Gasteiger partial charge in [0.25, 0.3) is 0 Å². The molecule has 1 aliphatic rings. The summed E-state index contributed by atoms with van der Waals surface area (Å²) in [6, 6.07) is 0. The Labute approximate surface area is 105 Å². The van der Waals surface area contributed by atoms with Crippen molar-refractivity contribution in [1.82, 2.24) is 9.78 Å². The highest BCUT2D eigenvalue weighted by atomic mass is 35.5. The minimum Gasteiger partial charge on any atom is -0.465 e. The van der Waals surface area contributed by atoms with Gasteiger partial charge in [0.1, 0.15) is 6.54 Å². The number of aromatic nitrogens is 2. The van der Waals surface area contributed by atoms with E-state index in [0.717, 1.165) is 36.1 Å². The maximum Gasteiger partial charge on any atom is 0.327 e. The zero-order chi connectivity index (χ0) is 12.4. The Morgan fingerprint density at radius 3 is 3.06 bits per heavy atom. The highest BCUT2D eigenvalue weighted by Crippen LogP contribution is 2.34. The molecule has 92 valence electrons. The highest BCUT2D eigenvalue weighted by Gasteiger charge is 2.23. The molecule has 1 heterocycles. The number of esters is 1. The van der Waals surface area contributed by atoms with E-state index in [1.807, 2.05) is 0 Å². The number of rotatable bonds is 3. The van der Waals surface area contributed by atoms with Gasteiger partial charge in [0.15, 0.2) is 5.15 Å². The van der Waals surface area contributed by atoms with E-state index in [9.17, 15) is 4.79 Å². The van der Waals surface area contributed by atoms with Gasteiger partial charge in [0.05, 0.1) is 6.61 Å². The molecule has 0 radical (unpaired) electrons. The molecule has 0 N–H and O–H groups in total. The average Bonchev–Trinajstić information content (AvgIpc) is 2.57. The van der Waals surface area contributed by atoms with Gasteiger partial charge in [-0.25, -0.2) is 0 Å². The van der Waals surface area contributed by atoms with Crippen molar-refractivity contribution >= 4 is 23.1 Å². The van der Waals surface area contributed by atoms with Gasteiger partial charge in [0, 0.05) is 11.3 Å². The molecule has 0 bridgehead atoms. The third kappa shape index (κ3) is 2.36. The lowest BCUT2D eigenvalue weighted by Gasteiger charge is -2.15. The van der Waals surface area contributed by atoms with Crippen LogP contribution in [0.4, 0.5) is 0 Å². The molecule has 0 unspecified atom stereocenters. The molecule has 2 rings (SSSR count). The van der Waals surface area contributed by atoms with Crippen LogP contribution in [0.5, 0.6) is 0 Å². The first-order chi connectivity index (χ1) is 8.13. The molecule has 0 saturated carbocycles. The average molecular weight is 255 g/mol. The summed E-state index contributed by atoms with van der Waals surface area (Å²) in [7, 11) is 0. The first-order valence-corrected chi connectivity index (χ1v) is 6.10. The fourth-order valence-electron chi connectivity index (χ4n) is 2.12. The van der Waals surface area contributed by atoms with Gasteiger partial charge in [-0.05, 0) is 31.8 Å². The van der Waals surface area contributed by atoms with E-state index in [1.54, 1.807) is 11.6 Å². The number of allylic oxidation sites excluding steroid dienone is 1. The summed E-state index contributed by atoms with van der Waals surface area (Å²) in [6.45, 7) is 6.27. The van der Waals surface area contributed by atoms with Gasteiger partial charge in [-0.1, -0.05) is 18.2 Å². The molecule has 1 aromatic rings. The van der Waals surface area contributed by atoms with E-state index in [2.05, 4.69) is 11.7 Å². The summed E-state index contributed by atoms with van der Waals surface area (Å²) >= 11 is 6.07. The Morgan fingerprint density at radius 1 is 1.59 bits per heavy atom. The third-order valence-corrected chi connectivity index (χ3v) is 3.11. The second-order valence-electron chi connectivity index (χ2n) is 4.03. The van der Waals surface area contributed by atoms with Gasteiger partial charge >= 0.3 is 5.97 Å². The Morgan fingerprint density at radius 2 is 2.35 bits per heavy atom. The van der Waals surface area contributed by atoms with Gasteiger partial charge in [-0.3, -0.25) is 9.48 Å². The Balaban J connectivity index is 2.27. The van der Waals surface area contributed by atoms with Crippen molar-refractivity contribution in [3.05, 3.63) is 23.0 Å². The van der Waals surface area contributed by atoms with Crippen LogP contribution in [0.2, 0.25) is 5.15 Å². The zero-order valence-electron chi connectivity index (χ0n) is 9.83. The lowest BCUT2D eigenvalue weighted by Crippen LogP contribution is -2.17. The summed E-state index contributed by atoms with van der Waals surface area (Å²) in [4.78, 5) is 11.4. The monoisotopic (exact) mass is 254 g/mol. The molecule has 0 spiro atoms. The van der Waals surface area contributed by atoms with Crippen molar-refractivity contribution in [3.8, 4) is 0 Å². The summed E-state index contributed by atoms with van der Waals surface area (Å²) in [5, 5.41) is 4.62. The molecule has 0 saturated heterocycles. The van der Waals surface area contributed by atoms with E-state index in [1.165, 1.54) is 0 Å². The first-order valence-electron chi connectivity index (χ1n) is 5.72. The fourth-order valence-corrected chi connectivity index (χ4v) is 2.46. The van der Waals surface area contributed by atoms with Crippen molar-refractivity contribution in [1.29, 1.82) is 0 Å². The topological polar surface area (TPSA) is 44.1 Å². The SMILES string of the molecule is C=C1CCCc2c1c(Cl)nn2CC(=O)OCC. The molecule has 0 fully saturated rings. The Hall–Kier alpha value is -1.29. The normalized spacial score (nSPS) is 14.6. The molecule has 0 atom stereocenters. The number of carbonyl (C=O) groups is 1. The number of fused-ring (bicyclic) bond motifs is 1. The minimum absolute atomic E-state index is 0.121. The first kappa shape index (κ1) is 12.2. The molecular weight excluding hydrogens is 240 g/mol. The number of carbonyl (C=O) groups excluding carboxylic acids is 1. The quantitative estimate of drug-likeness (QED) is 0.779. The number of halogens is 1. The maximum atomic E-state index is 11.4. The number of nitrogens with zero attached hydrogens (tertiary/aromatic N) is 2. The molecular formula is C12H15ClN2O2. The summed E-state index contributed by atoms with van der Waals surface area (Å²) in [6.07, 6.45) is 2.85. The fraction of sp³-hybridized carbons (Fsp3) is 0.500. The van der Waals surface area contributed by atoms with Crippen LogP contribution in [0.1, 0.15) is 31.0 Å². The summed E-state index contributed by atoms with van der Waals surface area (Å²) in [5.74, 6) is -0.286. The number of ether oxygens (including phenoxy) is 1. The van der Waals surface area contributed by atoms with Crippen LogP contribution >= 0.6 is 11.6 Å². The minimum atomic E-state index is -0.286. The van der Waals surface area contributed by atoms with E-state index in [0.29, 0.717) is 11.8 Å². The maximum absolute atomic E-state index is 11.4. The van der Waals surface area contributed by atoms with Gasteiger partial charge in [-0.15, -0.1) is 0 Å². The lowest BCUT2D eigenvalue weighted by atomic mass is 9.94. The predicted molar refractivity (Wildman–Crippen MR) is 65.8 cm³/mol. The Bertz CT molecular complexity index is 465. The van der Waals surface area contributed by atoms with Crippen molar-refractivity contribution in [3.63, 3.8) is 0 Å². The molecule has 1 aromatic heterocycles. The highest BCUT2D eigenvalue weighted by molar-refractivity contribution is 6.31. The van der Waals surface area contributed by atoms with E-state index in [4.69, 9.17) is 16.3 Å². The predicted octanol–water partition coefficient (Wildman–Crippen LogP) is 2.45. The molecule has 0 amide bonds. The van der Waals surface area contributed by atoms with Crippen LogP contribution in [-0.4, -0.2) is 22.4 Å². The van der Waals surface area contributed by atoms with Gasteiger partial charge in [0.2, 0.25) is 0 Å². The van der Waals surface area contributed by atoms with Crippen molar-refractivity contribution in [2.45, 2.75) is 32.7 Å². The van der Waals surface area contributed by atoms with Gasteiger partial charge < -0.3 is 4.74 Å². The largest absolute Gasteiger partial charge is 0.465 e. The van der Waals surface area contributed by atoms with Crippen LogP contribution in [-0.2, 0) is 22.5 Å². The second kappa shape index (κ2) is 4.92. The standard InChI is InChI=1S/C12H15ClN2O2/c1-3-17-10(16)7-15-9-6-4-5-8(2)11(9)12(13)14-15/h2-7H2,1H3. The van der Waals surface area contributed by atoms with Crippen LogP contribution < -0.4 is 0 Å². The number of hydrogen-bond acceptors (Lipinski definition) is 3. The molecule has 5 heteroatoms. The van der Waals surface area contributed by atoms with Crippen LogP contribution in [0.25, 0.3) is 5.57 Å². The van der Waals surface area contributed by atoms with Crippen molar-refractivity contribution < 1.29 is 9.53 Å². The molecule has 17 heavy (non-hydrogen) atoms. The van der Waals surface area contributed by atoms with Crippen molar-refractivity contribution in [2.24, 2.45) is 0 Å². The van der Waals surface area contributed by atoms with E-state index in [-0.39, 0.29) is 12.5 Å². The molecule has 0 aliphatic heterocycles. The third-order valence-electron chi connectivity index (χ3n) is 2.84.